The van der Waals surface area contributed by atoms with Gasteiger partial charge in [0.2, 0.25) is 5.43 Å². The summed E-state index contributed by atoms with van der Waals surface area (Å²) < 4.78 is 1.56. The Hall–Kier alpha value is -1.55. The van der Waals surface area contributed by atoms with E-state index in [2.05, 4.69) is 5.10 Å². The third-order valence-corrected chi connectivity index (χ3v) is 2.28. The van der Waals surface area contributed by atoms with Crippen LogP contribution in [0.25, 0.3) is 10.9 Å². The van der Waals surface area contributed by atoms with Crippen molar-refractivity contribution in [2.75, 3.05) is 5.73 Å². The number of aromatic nitrogens is 2. The number of rotatable bonds is 0. The van der Waals surface area contributed by atoms with E-state index in [1.54, 1.807) is 29.9 Å². The first-order valence-electron chi connectivity index (χ1n) is 4.01. The molecule has 1 aromatic heterocycles. The molecule has 0 spiro atoms. The highest BCUT2D eigenvalue weighted by atomic mass is 35.5. The van der Waals surface area contributed by atoms with Crippen molar-refractivity contribution in [3.63, 3.8) is 0 Å². The van der Waals surface area contributed by atoms with Crippen LogP contribution in [0.3, 0.4) is 0 Å². The summed E-state index contributed by atoms with van der Waals surface area (Å²) in [7, 11) is 1.73. The monoisotopic (exact) mass is 209 g/mol. The molecule has 1 aromatic carbocycles. The lowest BCUT2D eigenvalue weighted by atomic mass is 10.2. The minimum atomic E-state index is -0.277. The first-order valence-corrected chi connectivity index (χ1v) is 4.39. The first kappa shape index (κ1) is 9.02. The maximum absolute atomic E-state index is 11.6. The molecule has 72 valence electrons. The summed E-state index contributed by atoms with van der Waals surface area (Å²) in [6, 6.07) is 5.05. The van der Waals surface area contributed by atoms with Crippen LogP contribution in [-0.4, -0.2) is 9.78 Å². The van der Waals surface area contributed by atoms with E-state index in [-0.39, 0.29) is 11.2 Å². The quantitative estimate of drug-likeness (QED) is 0.709. The molecule has 0 aliphatic rings. The molecule has 4 nitrogen and oxygen atoms in total. The van der Waals surface area contributed by atoms with Crippen LogP contribution in [0.1, 0.15) is 0 Å². The molecule has 2 aromatic rings. The minimum absolute atomic E-state index is 0.0118. The average molecular weight is 210 g/mol. The predicted octanol–water partition coefficient (Wildman–Crippen LogP) is 1.17. The van der Waals surface area contributed by atoms with Crippen LogP contribution in [0.5, 0.6) is 0 Å². The molecule has 0 atom stereocenters. The van der Waals surface area contributed by atoms with Crippen molar-refractivity contribution in [3.05, 3.63) is 33.4 Å². The maximum Gasteiger partial charge on any atom is 0.231 e. The molecule has 0 aliphatic carbocycles. The average Bonchev–Trinajstić information content (AvgIpc) is 2.14. The molecular weight excluding hydrogens is 202 g/mol. The van der Waals surface area contributed by atoms with Crippen LogP contribution in [-0.2, 0) is 7.05 Å². The summed E-state index contributed by atoms with van der Waals surface area (Å²) in [5.74, 6) is -0.0118. The van der Waals surface area contributed by atoms with Gasteiger partial charge in [-0.2, -0.15) is 5.10 Å². The zero-order valence-corrected chi connectivity index (χ0v) is 8.25. The topological polar surface area (TPSA) is 60.9 Å². The molecule has 0 unspecified atom stereocenters. The SMILES string of the molecule is Cn1nc(N)c(=O)c2cc(Cl)ccc21. The fourth-order valence-electron chi connectivity index (χ4n) is 1.37. The van der Waals surface area contributed by atoms with Gasteiger partial charge in [0.1, 0.15) is 0 Å². The number of fused-ring (bicyclic) bond motifs is 1. The van der Waals surface area contributed by atoms with Gasteiger partial charge in [0.15, 0.2) is 5.82 Å². The highest BCUT2D eigenvalue weighted by molar-refractivity contribution is 6.31. The van der Waals surface area contributed by atoms with Crippen molar-refractivity contribution < 1.29 is 0 Å². The van der Waals surface area contributed by atoms with E-state index in [4.69, 9.17) is 17.3 Å². The molecular formula is C9H8ClN3O. The van der Waals surface area contributed by atoms with Crippen molar-refractivity contribution in [3.8, 4) is 0 Å². The van der Waals surface area contributed by atoms with Crippen LogP contribution in [0.15, 0.2) is 23.0 Å². The van der Waals surface area contributed by atoms with Crippen LogP contribution in [0.4, 0.5) is 5.82 Å². The van der Waals surface area contributed by atoms with Gasteiger partial charge in [0, 0.05) is 12.1 Å². The summed E-state index contributed by atoms with van der Waals surface area (Å²) in [5, 5.41) is 4.88. The Morgan fingerprint density at radius 2 is 2.21 bits per heavy atom. The number of nitrogen functional groups attached to an aromatic ring is 1. The zero-order valence-electron chi connectivity index (χ0n) is 7.49. The second-order valence-electron chi connectivity index (χ2n) is 3.00. The molecule has 1 heterocycles. The van der Waals surface area contributed by atoms with Gasteiger partial charge in [-0.1, -0.05) is 11.6 Å². The highest BCUT2D eigenvalue weighted by Crippen LogP contribution is 2.15. The highest BCUT2D eigenvalue weighted by Gasteiger charge is 2.06. The van der Waals surface area contributed by atoms with E-state index in [0.717, 1.165) is 0 Å². The van der Waals surface area contributed by atoms with E-state index < -0.39 is 0 Å². The summed E-state index contributed by atoms with van der Waals surface area (Å²) in [6.45, 7) is 0. The van der Waals surface area contributed by atoms with Gasteiger partial charge in [-0.25, -0.2) is 0 Å². The Morgan fingerprint density at radius 3 is 2.93 bits per heavy atom. The van der Waals surface area contributed by atoms with Gasteiger partial charge in [-0.05, 0) is 18.2 Å². The lowest BCUT2D eigenvalue weighted by molar-refractivity contribution is 0.781. The van der Waals surface area contributed by atoms with Gasteiger partial charge in [-0.3, -0.25) is 9.48 Å². The van der Waals surface area contributed by atoms with Crippen LogP contribution in [0, 0.1) is 0 Å². The molecule has 0 saturated heterocycles. The Kier molecular flexibility index (Phi) is 1.93. The number of aryl methyl sites for hydroxylation is 1. The molecule has 2 rings (SSSR count). The molecule has 0 fully saturated rings. The minimum Gasteiger partial charge on any atom is -0.379 e. The maximum atomic E-state index is 11.6. The van der Waals surface area contributed by atoms with E-state index in [1.165, 1.54) is 0 Å². The van der Waals surface area contributed by atoms with Crippen molar-refractivity contribution in [2.45, 2.75) is 0 Å². The third kappa shape index (κ3) is 1.24. The number of hydrogen-bond acceptors (Lipinski definition) is 3. The van der Waals surface area contributed by atoms with Crippen molar-refractivity contribution >= 4 is 28.3 Å². The summed E-state index contributed by atoms with van der Waals surface area (Å²) in [4.78, 5) is 11.6. The molecule has 2 N–H and O–H groups in total. The lowest BCUT2D eigenvalue weighted by Gasteiger charge is -2.04. The van der Waals surface area contributed by atoms with E-state index in [9.17, 15) is 4.79 Å². The van der Waals surface area contributed by atoms with Gasteiger partial charge in [-0.15, -0.1) is 0 Å². The van der Waals surface area contributed by atoms with E-state index in [0.29, 0.717) is 15.9 Å². The van der Waals surface area contributed by atoms with Gasteiger partial charge < -0.3 is 5.73 Å². The predicted molar refractivity (Wildman–Crippen MR) is 56.4 cm³/mol. The zero-order chi connectivity index (χ0) is 10.3. The largest absolute Gasteiger partial charge is 0.379 e. The number of hydrogen-bond donors (Lipinski definition) is 1. The van der Waals surface area contributed by atoms with E-state index >= 15 is 0 Å². The molecule has 0 bridgehead atoms. The third-order valence-electron chi connectivity index (χ3n) is 2.04. The normalized spacial score (nSPS) is 10.7. The number of halogens is 1. The fourth-order valence-corrected chi connectivity index (χ4v) is 1.54. The standard InChI is InChI=1S/C9H8ClN3O/c1-13-7-3-2-5(10)4-6(7)8(14)9(11)12-13/h2-4H,1H3,(H2,11,12). The number of anilines is 1. The van der Waals surface area contributed by atoms with E-state index in [1.807, 2.05) is 0 Å². The van der Waals surface area contributed by atoms with Crippen LogP contribution >= 0.6 is 11.6 Å². The van der Waals surface area contributed by atoms with Crippen LogP contribution < -0.4 is 11.2 Å². The summed E-state index contributed by atoms with van der Waals surface area (Å²) in [5.41, 5.74) is 5.89. The molecule has 14 heavy (non-hydrogen) atoms. The Balaban J connectivity index is 3.03. The first-order chi connectivity index (χ1) is 6.59. The summed E-state index contributed by atoms with van der Waals surface area (Å²) in [6.07, 6.45) is 0. The van der Waals surface area contributed by atoms with Crippen molar-refractivity contribution in [1.29, 1.82) is 0 Å². The van der Waals surface area contributed by atoms with Crippen molar-refractivity contribution in [2.24, 2.45) is 7.05 Å². The molecule has 0 amide bonds. The Labute approximate surface area is 84.9 Å². The van der Waals surface area contributed by atoms with Crippen molar-refractivity contribution in [1.82, 2.24) is 9.78 Å². The molecule has 0 saturated carbocycles. The fraction of sp³-hybridized carbons (Fsp3) is 0.111. The second-order valence-corrected chi connectivity index (χ2v) is 3.44. The van der Waals surface area contributed by atoms with Crippen LogP contribution in [0.2, 0.25) is 5.02 Å². The number of nitrogens with zero attached hydrogens (tertiary/aromatic N) is 2. The second kappa shape index (κ2) is 2.99. The number of benzene rings is 1. The lowest BCUT2D eigenvalue weighted by Crippen LogP contribution is -2.16. The van der Waals surface area contributed by atoms with Gasteiger partial charge >= 0.3 is 0 Å². The number of nitrogens with two attached hydrogens (primary N) is 1. The summed E-state index contributed by atoms with van der Waals surface area (Å²) >= 11 is 5.79. The van der Waals surface area contributed by atoms with Gasteiger partial charge in [0.25, 0.3) is 0 Å². The Morgan fingerprint density at radius 1 is 1.50 bits per heavy atom. The van der Waals surface area contributed by atoms with Gasteiger partial charge in [0.05, 0.1) is 10.9 Å². The Bertz CT molecular complexity index is 562. The smallest absolute Gasteiger partial charge is 0.231 e. The molecule has 0 radical (unpaired) electrons. The molecule has 5 heteroatoms. The molecule has 0 aliphatic heterocycles.